The zero-order valence-electron chi connectivity index (χ0n) is 7.38. The van der Waals surface area contributed by atoms with Gasteiger partial charge in [0.1, 0.15) is 0 Å². The van der Waals surface area contributed by atoms with Crippen LogP contribution >= 0.6 is 0 Å². The maximum absolute atomic E-state index is 11.3. The number of nitrogens with one attached hydrogen (secondary N) is 1. The van der Waals surface area contributed by atoms with E-state index in [0.29, 0.717) is 13.1 Å². The van der Waals surface area contributed by atoms with Gasteiger partial charge in [0.2, 0.25) is 0 Å². The largest absolute Gasteiger partial charge is 0.338 e. The maximum Gasteiger partial charge on any atom is 0.317 e. The summed E-state index contributed by atoms with van der Waals surface area (Å²) in [5.74, 6) is 0. The molecule has 0 aromatic heterocycles. The first-order valence-corrected chi connectivity index (χ1v) is 4.57. The SMILES string of the molecule is NCCCNC(=O)N1CCCC1. The topological polar surface area (TPSA) is 58.4 Å². The van der Waals surface area contributed by atoms with Crippen molar-refractivity contribution in [2.24, 2.45) is 5.73 Å². The van der Waals surface area contributed by atoms with E-state index in [1.165, 1.54) is 0 Å². The molecule has 0 saturated carbocycles. The Kier molecular flexibility index (Phi) is 3.87. The lowest BCUT2D eigenvalue weighted by Crippen LogP contribution is -2.38. The number of urea groups is 1. The number of hydrogen-bond acceptors (Lipinski definition) is 2. The van der Waals surface area contributed by atoms with Crippen LogP contribution < -0.4 is 11.1 Å². The second-order valence-corrected chi connectivity index (χ2v) is 3.07. The van der Waals surface area contributed by atoms with Crippen LogP contribution in [0.4, 0.5) is 4.79 Å². The zero-order chi connectivity index (χ0) is 8.81. The van der Waals surface area contributed by atoms with Crippen molar-refractivity contribution in [3.05, 3.63) is 0 Å². The molecule has 0 aliphatic carbocycles. The Hall–Kier alpha value is -0.770. The summed E-state index contributed by atoms with van der Waals surface area (Å²) in [4.78, 5) is 13.2. The highest BCUT2D eigenvalue weighted by Crippen LogP contribution is 2.06. The van der Waals surface area contributed by atoms with Gasteiger partial charge in [-0.2, -0.15) is 0 Å². The standard InChI is InChI=1S/C8H17N3O/c9-4-3-5-10-8(12)11-6-1-2-7-11/h1-7,9H2,(H,10,12). The first-order valence-electron chi connectivity index (χ1n) is 4.57. The van der Waals surface area contributed by atoms with Crippen molar-refractivity contribution in [2.45, 2.75) is 19.3 Å². The van der Waals surface area contributed by atoms with Crippen LogP contribution in [0.25, 0.3) is 0 Å². The van der Waals surface area contributed by atoms with Crippen molar-refractivity contribution in [1.82, 2.24) is 10.2 Å². The Morgan fingerprint density at radius 2 is 2.08 bits per heavy atom. The molecule has 0 spiro atoms. The molecule has 0 unspecified atom stereocenters. The molecule has 4 nitrogen and oxygen atoms in total. The van der Waals surface area contributed by atoms with E-state index >= 15 is 0 Å². The van der Waals surface area contributed by atoms with Gasteiger partial charge in [-0.15, -0.1) is 0 Å². The van der Waals surface area contributed by atoms with Crippen LogP contribution in [0.15, 0.2) is 0 Å². The first kappa shape index (κ1) is 9.32. The van der Waals surface area contributed by atoms with Crippen molar-refractivity contribution < 1.29 is 4.79 Å². The van der Waals surface area contributed by atoms with Crippen molar-refractivity contribution in [3.8, 4) is 0 Å². The lowest BCUT2D eigenvalue weighted by atomic mass is 10.4. The first-order chi connectivity index (χ1) is 5.84. The molecule has 1 heterocycles. The fourth-order valence-corrected chi connectivity index (χ4v) is 1.33. The summed E-state index contributed by atoms with van der Waals surface area (Å²) in [6.07, 6.45) is 3.15. The van der Waals surface area contributed by atoms with Crippen molar-refractivity contribution >= 4 is 6.03 Å². The second kappa shape index (κ2) is 4.98. The molecule has 1 rings (SSSR count). The third-order valence-electron chi connectivity index (χ3n) is 2.05. The molecule has 12 heavy (non-hydrogen) atoms. The molecule has 4 heteroatoms. The van der Waals surface area contributed by atoms with E-state index < -0.39 is 0 Å². The molecule has 2 amide bonds. The van der Waals surface area contributed by atoms with Crippen LogP contribution in [-0.4, -0.2) is 37.1 Å². The Morgan fingerprint density at radius 3 is 2.67 bits per heavy atom. The summed E-state index contributed by atoms with van der Waals surface area (Å²) < 4.78 is 0. The normalized spacial score (nSPS) is 16.6. The van der Waals surface area contributed by atoms with Gasteiger partial charge in [0, 0.05) is 19.6 Å². The second-order valence-electron chi connectivity index (χ2n) is 3.07. The molecule has 0 bridgehead atoms. The minimum atomic E-state index is 0.0703. The highest BCUT2D eigenvalue weighted by Gasteiger charge is 2.16. The number of hydrogen-bond donors (Lipinski definition) is 2. The summed E-state index contributed by atoms with van der Waals surface area (Å²) in [6, 6.07) is 0.0703. The van der Waals surface area contributed by atoms with Crippen LogP contribution in [0.1, 0.15) is 19.3 Å². The molecule has 1 aliphatic heterocycles. The average Bonchev–Trinajstić information content (AvgIpc) is 2.56. The quantitative estimate of drug-likeness (QED) is 0.593. The van der Waals surface area contributed by atoms with Crippen LogP contribution in [0.2, 0.25) is 0 Å². The molecular formula is C8H17N3O. The third kappa shape index (κ3) is 2.70. The number of nitrogens with zero attached hydrogens (tertiary/aromatic N) is 1. The molecular weight excluding hydrogens is 154 g/mol. The van der Waals surface area contributed by atoms with Gasteiger partial charge < -0.3 is 16.0 Å². The number of carbonyl (C=O) groups excluding carboxylic acids is 1. The smallest absolute Gasteiger partial charge is 0.317 e. The van der Waals surface area contributed by atoms with E-state index in [4.69, 9.17) is 5.73 Å². The van der Waals surface area contributed by atoms with Gasteiger partial charge in [0.25, 0.3) is 0 Å². The Bertz CT molecular complexity index is 143. The number of likely N-dealkylation sites (tertiary alicyclic amines) is 1. The number of nitrogens with two attached hydrogens (primary N) is 1. The summed E-state index contributed by atoms with van der Waals surface area (Å²) in [5, 5.41) is 2.83. The summed E-state index contributed by atoms with van der Waals surface area (Å²) in [7, 11) is 0. The summed E-state index contributed by atoms with van der Waals surface area (Å²) in [5.41, 5.74) is 5.30. The molecule has 0 aromatic rings. The van der Waals surface area contributed by atoms with Gasteiger partial charge in [-0.25, -0.2) is 4.79 Å². The van der Waals surface area contributed by atoms with Crippen molar-refractivity contribution in [3.63, 3.8) is 0 Å². The predicted molar refractivity (Wildman–Crippen MR) is 47.9 cm³/mol. The highest BCUT2D eigenvalue weighted by atomic mass is 16.2. The van der Waals surface area contributed by atoms with Gasteiger partial charge in [-0.05, 0) is 25.8 Å². The molecule has 70 valence electrons. The third-order valence-corrected chi connectivity index (χ3v) is 2.05. The Balaban J connectivity index is 2.10. The molecule has 1 fully saturated rings. The minimum absolute atomic E-state index is 0.0703. The number of rotatable bonds is 3. The van der Waals surface area contributed by atoms with E-state index in [1.54, 1.807) is 0 Å². The molecule has 3 N–H and O–H groups in total. The summed E-state index contributed by atoms with van der Waals surface area (Å²) >= 11 is 0. The van der Waals surface area contributed by atoms with Gasteiger partial charge >= 0.3 is 6.03 Å². The maximum atomic E-state index is 11.3. The van der Waals surface area contributed by atoms with Gasteiger partial charge in [-0.3, -0.25) is 0 Å². The van der Waals surface area contributed by atoms with Crippen LogP contribution in [0.3, 0.4) is 0 Å². The Morgan fingerprint density at radius 1 is 1.42 bits per heavy atom. The van der Waals surface area contributed by atoms with E-state index in [-0.39, 0.29) is 6.03 Å². The average molecular weight is 171 g/mol. The van der Waals surface area contributed by atoms with Gasteiger partial charge in [0.15, 0.2) is 0 Å². The van der Waals surface area contributed by atoms with Gasteiger partial charge in [-0.1, -0.05) is 0 Å². The predicted octanol–water partition coefficient (Wildman–Crippen LogP) is 0.141. The highest BCUT2D eigenvalue weighted by molar-refractivity contribution is 5.74. The number of carbonyl (C=O) groups is 1. The molecule has 0 aromatic carbocycles. The van der Waals surface area contributed by atoms with Gasteiger partial charge in [0.05, 0.1) is 0 Å². The van der Waals surface area contributed by atoms with Crippen LogP contribution in [-0.2, 0) is 0 Å². The lowest BCUT2D eigenvalue weighted by Gasteiger charge is -2.15. The molecule has 1 saturated heterocycles. The minimum Gasteiger partial charge on any atom is -0.338 e. The van der Waals surface area contributed by atoms with E-state index in [2.05, 4.69) is 5.32 Å². The van der Waals surface area contributed by atoms with Crippen LogP contribution in [0, 0.1) is 0 Å². The molecule has 0 radical (unpaired) electrons. The molecule has 0 atom stereocenters. The van der Waals surface area contributed by atoms with E-state index in [0.717, 1.165) is 32.4 Å². The zero-order valence-corrected chi connectivity index (χ0v) is 7.38. The van der Waals surface area contributed by atoms with E-state index in [1.807, 2.05) is 4.90 Å². The van der Waals surface area contributed by atoms with Crippen molar-refractivity contribution in [1.29, 1.82) is 0 Å². The fraction of sp³-hybridized carbons (Fsp3) is 0.875. The molecule has 1 aliphatic rings. The number of amides is 2. The lowest BCUT2D eigenvalue weighted by molar-refractivity contribution is 0.209. The van der Waals surface area contributed by atoms with E-state index in [9.17, 15) is 4.79 Å². The summed E-state index contributed by atoms with van der Waals surface area (Å²) in [6.45, 7) is 3.16. The fourth-order valence-electron chi connectivity index (χ4n) is 1.33. The van der Waals surface area contributed by atoms with Crippen molar-refractivity contribution in [2.75, 3.05) is 26.2 Å². The van der Waals surface area contributed by atoms with Crippen LogP contribution in [0.5, 0.6) is 0 Å². The Labute approximate surface area is 73.1 Å². The monoisotopic (exact) mass is 171 g/mol.